The lowest BCUT2D eigenvalue weighted by Crippen LogP contribution is -1.98. The van der Waals surface area contributed by atoms with E-state index in [9.17, 15) is 0 Å². The number of thiazole rings is 1. The van der Waals surface area contributed by atoms with Crippen LogP contribution in [0.25, 0.3) is 0 Å². The lowest BCUT2D eigenvalue weighted by Gasteiger charge is -2.11. The fourth-order valence-electron chi connectivity index (χ4n) is 2.62. The first-order chi connectivity index (χ1) is 13.2. The van der Waals surface area contributed by atoms with Crippen molar-refractivity contribution in [3.63, 3.8) is 0 Å². The number of benzene rings is 1. The number of rotatable bonds is 6. The van der Waals surface area contributed by atoms with E-state index in [1.165, 1.54) is 0 Å². The van der Waals surface area contributed by atoms with Gasteiger partial charge in [0.15, 0.2) is 16.7 Å². The molecule has 4 aromatic rings. The largest absolute Gasteiger partial charge is 0.453 e. The predicted molar refractivity (Wildman–Crippen MR) is 112 cm³/mol. The molecule has 0 aliphatic carbocycles. The summed E-state index contributed by atoms with van der Waals surface area (Å²) in [6.07, 6.45) is 2.50. The van der Waals surface area contributed by atoms with Crippen molar-refractivity contribution in [2.45, 2.75) is 13.3 Å². The summed E-state index contributed by atoms with van der Waals surface area (Å²) in [4.78, 5) is 12.4. The zero-order valence-electron chi connectivity index (χ0n) is 14.6. The molecule has 7 heteroatoms. The van der Waals surface area contributed by atoms with Gasteiger partial charge in [-0.3, -0.25) is 0 Å². The number of hydrogen-bond acceptors (Lipinski definition) is 5. The Morgan fingerprint density at radius 3 is 2.81 bits per heavy atom. The quantitative estimate of drug-likeness (QED) is 0.382. The minimum absolute atomic E-state index is 0.624. The number of nitrogens with one attached hydrogen (secondary N) is 2. The number of pyridine rings is 1. The Morgan fingerprint density at radius 1 is 1.19 bits per heavy atom. The van der Waals surface area contributed by atoms with E-state index in [0.29, 0.717) is 11.6 Å². The third-order valence-electron chi connectivity index (χ3n) is 3.83. The zero-order chi connectivity index (χ0) is 18.6. The number of H-pyrrole nitrogens is 1. The topological polar surface area (TPSA) is 62.8 Å². The van der Waals surface area contributed by atoms with Crippen molar-refractivity contribution in [3.8, 4) is 11.5 Å². The second-order valence-electron chi connectivity index (χ2n) is 6.03. The maximum atomic E-state index is 5.98. The minimum Gasteiger partial charge on any atom is -0.453 e. The number of para-hydroxylation sites is 1. The summed E-state index contributed by atoms with van der Waals surface area (Å²) in [6.45, 7) is 2.05. The van der Waals surface area contributed by atoms with Crippen LogP contribution in [0.3, 0.4) is 0 Å². The average Bonchev–Trinajstić information content (AvgIpc) is 3.27. The molecule has 0 fully saturated rings. The van der Waals surface area contributed by atoms with Crippen molar-refractivity contribution < 1.29 is 4.74 Å². The minimum atomic E-state index is 0.624. The molecule has 4 rings (SSSR count). The van der Waals surface area contributed by atoms with E-state index in [2.05, 4.69) is 53.7 Å². The highest BCUT2D eigenvalue weighted by atomic mass is 79.9. The van der Waals surface area contributed by atoms with Crippen LogP contribution >= 0.6 is 27.3 Å². The molecular formula is C20H17BrN4OS. The van der Waals surface area contributed by atoms with Crippen molar-refractivity contribution in [2.75, 3.05) is 5.32 Å². The summed E-state index contributed by atoms with van der Waals surface area (Å²) in [5, 5.41) is 6.10. The van der Waals surface area contributed by atoms with Gasteiger partial charge in [0, 0.05) is 39.9 Å². The van der Waals surface area contributed by atoms with Crippen LogP contribution in [-0.4, -0.2) is 15.0 Å². The monoisotopic (exact) mass is 440 g/mol. The Morgan fingerprint density at radius 2 is 2.04 bits per heavy atom. The van der Waals surface area contributed by atoms with E-state index in [0.717, 1.165) is 38.9 Å². The molecule has 1 aromatic carbocycles. The maximum Gasteiger partial charge on any atom is 0.188 e. The van der Waals surface area contributed by atoms with Gasteiger partial charge in [0.25, 0.3) is 0 Å². The molecule has 3 aromatic heterocycles. The first-order valence-corrected chi connectivity index (χ1v) is 10.1. The van der Waals surface area contributed by atoms with Crippen LogP contribution in [0.2, 0.25) is 0 Å². The van der Waals surface area contributed by atoms with E-state index in [4.69, 9.17) is 4.74 Å². The third-order valence-corrected chi connectivity index (χ3v) is 5.07. The van der Waals surface area contributed by atoms with E-state index < -0.39 is 0 Å². The highest BCUT2D eigenvalue weighted by molar-refractivity contribution is 9.10. The molecular weight excluding hydrogens is 424 g/mol. The van der Waals surface area contributed by atoms with Gasteiger partial charge in [-0.15, -0.1) is 11.3 Å². The second-order valence-corrected chi connectivity index (χ2v) is 7.80. The van der Waals surface area contributed by atoms with Gasteiger partial charge < -0.3 is 15.0 Å². The highest BCUT2D eigenvalue weighted by Gasteiger charge is 2.11. The first kappa shape index (κ1) is 17.8. The molecule has 0 amide bonds. The van der Waals surface area contributed by atoms with Crippen LogP contribution in [0.15, 0.2) is 64.6 Å². The lowest BCUT2D eigenvalue weighted by atomic mass is 10.3. The van der Waals surface area contributed by atoms with E-state index in [1.54, 1.807) is 17.5 Å². The van der Waals surface area contributed by atoms with Crippen LogP contribution in [0.1, 0.15) is 17.1 Å². The summed E-state index contributed by atoms with van der Waals surface area (Å²) in [5.41, 5.74) is 3.31. The van der Waals surface area contributed by atoms with Crippen molar-refractivity contribution in [1.29, 1.82) is 0 Å². The normalized spacial score (nSPS) is 10.7. The summed E-state index contributed by atoms with van der Waals surface area (Å²) in [6, 6.07) is 15.7. The molecule has 5 nitrogen and oxygen atoms in total. The van der Waals surface area contributed by atoms with Gasteiger partial charge in [-0.05, 0) is 47.1 Å². The van der Waals surface area contributed by atoms with Crippen LogP contribution in [-0.2, 0) is 6.42 Å². The van der Waals surface area contributed by atoms with Crippen molar-refractivity contribution in [1.82, 2.24) is 15.0 Å². The first-order valence-electron chi connectivity index (χ1n) is 8.40. The fourth-order valence-corrected chi connectivity index (χ4v) is 3.63. The smallest absolute Gasteiger partial charge is 0.188 e. The zero-order valence-corrected chi connectivity index (χ0v) is 17.0. The van der Waals surface area contributed by atoms with Crippen LogP contribution in [0, 0.1) is 6.92 Å². The fraction of sp³-hybridized carbons (Fsp3) is 0.100. The molecule has 0 saturated carbocycles. The molecule has 0 atom stereocenters. The lowest BCUT2D eigenvalue weighted by molar-refractivity contribution is 0.482. The molecule has 2 N–H and O–H groups in total. The number of hydrogen-bond donors (Lipinski definition) is 2. The van der Waals surface area contributed by atoms with Gasteiger partial charge in [0.1, 0.15) is 5.75 Å². The molecule has 0 aliphatic heterocycles. The Kier molecular flexibility index (Phi) is 5.22. The molecule has 27 heavy (non-hydrogen) atoms. The van der Waals surface area contributed by atoms with E-state index in [1.807, 2.05) is 43.3 Å². The summed E-state index contributed by atoms with van der Waals surface area (Å²) in [5.74, 6) is 2.01. The number of halogens is 1. The second kappa shape index (κ2) is 7.94. The number of anilines is 2. The van der Waals surface area contributed by atoms with E-state index in [-0.39, 0.29) is 0 Å². The number of ether oxygens (including phenoxy) is 1. The Labute approximate surface area is 169 Å². The van der Waals surface area contributed by atoms with Crippen molar-refractivity contribution >= 4 is 38.2 Å². The number of aryl methyl sites for hydroxylation is 1. The van der Waals surface area contributed by atoms with Crippen molar-refractivity contribution in [2.24, 2.45) is 0 Å². The maximum absolute atomic E-state index is 5.98. The van der Waals surface area contributed by atoms with Crippen LogP contribution < -0.4 is 10.1 Å². The molecule has 136 valence electrons. The standard InChI is InChI=1S/C20H17BrN4OS/c1-13-7-8-15(23-13)10-16-12-27-20(24-16)25-19-18(9-14(21)11-22-19)26-17-5-3-2-4-6-17/h2-9,11-12,23H,10H2,1H3,(H,22,24,25). The van der Waals surface area contributed by atoms with Gasteiger partial charge in [-0.1, -0.05) is 18.2 Å². The van der Waals surface area contributed by atoms with Gasteiger partial charge in [-0.25, -0.2) is 9.97 Å². The number of nitrogens with zero attached hydrogens (tertiary/aromatic N) is 2. The number of aromatic nitrogens is 3. The van der Waals surface area contributed by atoms with Crippen LogP contribution in [0.4, 0.5) is 10.9 Å². The predicted octanol–water partition coefficient (Wildman–Crippen LogP) is 6.06. The molecule has 0 saturated heterocycles. The summed E-state index contributed by atoms with van der Waals surface area (Å²) < 4.78 is 6.83. The molecule has 0 aliphatic rings. The SMILES string of the molecule is Cc1ccc(Cc2csc(Nc3ncc(Br)cc3Oc3ccccc3)n2)[nH]1. The van der Waals surface area contributed by atoms with Gasteiger partial charge in [0.2, 0.25) is 0 Å². The average molecular weight is 441 g/mol. The molecule has 0 spiro atoms. The van der Waals surface area contributed by atoms with Gasteiger partial charge in [0.05, 0.1) is 5.69 Å². The van der Waals surface area contributed by atoms with Gasteiger partial charge >= 0.3 is 0 Å². The molecule has 3 heterocycles. The Hall–Kier alpha value is -2.64. The Balaban J connectivity index is 1.52. The highest BCUT2D eigenvalue weighted by Crippen LogP contribution is 2.33. The number of aromatic amines is 1. The summed E-state index contributed by atoms with van der Waals surface area (Å²) in [7, 11) is 0. The molecule has 0 unspecified atom stereocenters. The Bertz CT molecular complexity index is 1050. The molecule has 0 radical (unpaired) electrons. The van der Waals surface area contributed by atoms with E-state index >= 15 is 0 Å². The third kappa shape index (κ3) is 4.56. The molecule has 0 bridgehead atoms. The summed E-state index contributed by atoms with van der Waals surface area (Å²) >= 11 is 5.00. The van der Waals surface area contributed by atoms with Crippen LogP contribution in [0.5, 0.6) is 11.5 Å². The van der Waals surface area contributed by atoms with Crippen molar-refractivity contribution in [3.05, 3.63) is 81.7 Å². The van der Waals surface area contributed by atoms with Gasteiger partial charge in [-0.2, -0.15) is 0 Å².